The molecule has 0 aliphatic carbocycles. The summed E-state index contributed by atoms with van der Waals surface area (Å²) in [6.45, 7) is 8.36. The van der Waals surface area contributed by atoms with Crippen LogP contribution >= 0.6 is 0 Å². The second-order valence-corrected chi connectivity index (χ2v) is 6.85. The molecule has 0 saturated carbocycles. The van der Waals surface area contributed by atoms with Crippen LogP contribution in [0, 0.1) is 12.8 Å². The topological polar surface area (TPSA) is 75.3 Å². The Balaban J connectivity index is 3.06. The number of nitrogens with one attached hydrogen (secondary N) is 2. The van der Waals surface area contributed by atoms with Gasteiger partial charge in [0.1, 0.15) is 0 Å². The zero-order valence-electron chi connectivity index (χ0n) is 12.4. The van der Waals surface area contributed by atoms with E-state index in [1.165, 1.54) is 12.1 Å². The Morgan fingerprint density at radius 1 is 1.30 bits per heavy atom. The third-order valence-corrected chi connectivity index (χ3v) is 4.31. The maximum atomic E-state index is 12.1. The molecule has 6 heteroatoms. The van der Waals surface area contributed by atoms with Gasteiger partial charge < -0.3 is 5.32 Å². The smallest absolute Gasteiger partial charge is 0.251 e. The summed E-state index contributed by atoms with van der Waals surface area (Å²) in [5, 5.41) is 2.80. The second-order valence-electron chi connectivity index (χ2n) is 5.08. The highest BCUT2D eigenvalue weighted by molar-refractivity contribution is 7.89. The maximum absolute atomic E-state index is 12.1. The lowest BCUT2D eigenvalue weighted by Gasteiger charge is -2.11. The molecule has 0 aliphatic rings. The van der Waals surface area contributed by atoms with Crippen LogP contribution < -0.4 is 10.0 Å². The van der Waals surface area contributed by atoms with Gasteiger partial charge in [-0.05, 0) is 30.5 Å². The number of amides is 1. The van der Waals surface area contributed by atoms with Crippen LogP contribution in [0.1, 0.15) is 36.7 Å². The fraction of sp³-hybridized carbons (Fsp3) is 0.500. The van der Waals surface area contributed by atoms with E-state index in [1.54, 1.807) is 19.9 Å². The minimum Gasteiger partial charge on any atom is -0.352 e. The van der Waals surface area contributed by atoms with Crippen molar-refractivity contribution in [1.82, 2.24) is 10.0 Å². The number of rotatable bonds is 6. The van der Waals surface area contributed by atoms with Gasteiger partial charge in [-0.3, -0.25) is 4.79 Å². The molecule has 112 valence electrons. The van der Waals surface area contributed by atoms with Gasteiger partial charge in [-0.1, -0.05) is 26.8 Å². The lowest BCUT2D eigenvalue weighted by molar-refractivity contribution is 0.0948. The average Bonchev–Trinajstić information content (AvgIpc) is 2.36. The highest BCUT2D eigenvalue weighted by Gasteiger charge is 2.17. The van der Waals surface area contributed by atoms with Crippen molar-refractivity contribution in [2.75, 3.05) is 13.1 Å². The molecule has 0 atom stereocenters. The van der Waals surface area contributed by atoms with Crippen LogP contribution in [-0.2, 0) is 10.0 Å². The third kappa shape index (κ3) is 4.31. The quantitative estimate of drug-likeness (QED) is 0.839. The van der Waals surface area contributed by atoms with E-state index in [-0.39, 0.29) is 10.8 Å². The van der Waals surface area contributed by atoms with Gasteiger partial charge in [-0.15, -0.1) is 0 Å². The SMILES string of the molecule is CCNS(=O)(=O)c1ccc(C)c(C(=O)NCC(C)C)c1. The van der Waals surface area contributed by atoms with Crippen molar-refractivity contribution >= 4 is 15.9 Å². The van der Waals surface area contributed by atoms with Crippen molar-refractivity contribution in [1.29, 1.82) is 0 Å². The van der Waals surface area contributed by atoms with Gasteiger partial charge >= 0.3 is 0 Å². The molecule has 1 aromatic carbocycles. The van der Waals surface area contributed by atoms with Gasteiger partial charge in [0.2, 0.25) is 10.0 Å². The number of hydrogen-bond acceptors (Lipinski definition) is 3. The summed E-state index contributed by atoms with van der Waals surface area (Å²) in [7, 11) is -3.54. The minimum absolute atomic E-state index is 0.111. The summed E-state index contributed by atoms with van der Waals surface area (Å²) >= 11 is 0. The van der Waals surface area contributed by atoms with Crippen LogP contribution in [0.15, 0.2) is 23.1 Å². The Bertz CT molecular complexity index is 580. The van der Waals surface area contributed by atoms with Crippen LogP contribution in [-0.4, -0.2) is 27.4 Å². The second kappa shape index (κ2) is 6.85. The van der Waals surface area contributed by atoms with Crippen molar-refractivity contribution in [2.24, 2.45) is 5.92 Å². The first-order chi connectivity index (χ1) is 9.27. The van der Waals surface area contributed by atoms with Gasteiger partial charge in [0.05, 0.1) is 4.90 Å². The molecule has 0 aliphatic heterocycles. The molecule has 1 amide bonds. The molecule has 20 heavy (non-hydrogen) atoms. The molecule has 0 fully saturated rings. The molecule has 0 heterocycles. The Morgan fingerprint density at radius 2 is 1.95 bits per heavy atom. The van der Waals surface area contributed by atoms with Crippen LogP contribution in [0.4, 0.5) is 0 Å². The van der Waals surface area contributed by atoms with E-state index >= 15 is 0 Å². The Labute approximate surface area is 120 Å². The maximum Gasteiger partial charge on any atom is 0.251 e. The van der Waals surface area contributed by atoms with Crippen molar-refractivity contribution in [3.8, 4) is 0 Å². The number of aryl methyl sites for hydroxylation is 1. The largest absolute Gasteiger partial charge is 0.352 e. The first kappa shape index (κ1) is 16.7. The molecule has 0 spiro atoms. The standard InChI is InChI=1S/C14H22N2O3S/c1-5-16-20(18,19)12-7-6-11(4)13(8-12)14(17)15-9-10(2)3/h6-8,10,16H,5,9H2,1-4H3,(H,15,17). The van der Waals surface area contributed by atoms with E-state index in [1.807, 2.05) is 13.8 Å². The first-order valence-electron chi connectivity index (χ1n) is 6.66. The summed E-state index contributed by atoms with van der Waals surface area (Å²) < 4.78 is 26.3. The average molecular weight is 298 g/mol. The Kier molecular flexibility index (Phi) is 5.71. The summed E-state index contributed by atoms with van der Waals surface area (Å²) in [6, 6.07) is 4.57. The number of carbonyl (C=O) groups is 1. The highest BCUT2D eigenvalue weighted by atomic mass is 32.2. The molecule has 1 rings (SSSR count). The van der Waals surface area contributed by atoms with E-state index < -0.39 is 10.0 Å². The molecule has 0 unspecified atom stereocenters. The first-order valence-corrected chi connectivity index (χ1v) is 8.14. The molecule has 5 nitrogen and oxygen atoms in total. The molecule has 2 N–H and O–H groups in total. The number of hydrogen-bond donors (Lipinski definition) is 2. The predicted octanol–water partition coefficient (Wildman–Crippen LogP) is 1.68. The van der Waals surface area contributed by atoms with Crippen molar-refractivity contribution in [3.05, 3.63) is 29.3 Å². The molecule has 0 radical (unpaired) electrons. The molecule has 0 bridgehead atoms. The van der Waals surface area contributed by atoms with Gasteiger partial charge in [0.25, 0.3) is 5.91 Å². The van der Waals surface area contributed by atoms with Crippen LogP contribution in [0.5, 0.6) is 0 Å². The number of carbonyl (C=O) groups excluding carboxylic acids is 1. The lowest BCUT2D eigenvalue weighted by Crippen LogP contribution is -2.28. The highest BCUT2D eigenvalue weighted by Crippen LogP contribution is 2.15. The molecule has 0 aromatic heterocycles. The van der Waals surface area contributed by atoms with E-state index in [9.17, 15) is 13.2 Å². The summed E-state index contributed by atoms with van der Waals surface area (Å²) in [6.07, 6.45) is 0. The zero-order chi connectivity index (χ0) is 15.3. The fourth-order valence-corrected chi connectivity index (χ4v) is 2.75. The Hall–Kier alpha value is -1.40. The van der Waals surface area contributed by atoms with Crippen molar-refractivity contribution < 1.29 is 13.2 Å². The summed E-state index contributed by atoms with van der Waals surface area (Å²) in [5.74, 6) is 0.0951. The minimum atomic E-state index is -3.54. The van der Waals surface area contributed by atoms with Gasteiger partial charge in [-0.25, -0.2) is 13.1 Å². The van der Waals surface area contributed by atoms with Crippen molar-refractivity contribution in [3.63, 3.8) is 0 Å². The lowest BCUT2D eigenvalue weighted by atomic mass is 10.1. The summed E-state index contributed by atoms with van der Waals surface area (Å²) in [5.41, 5.74) is 1.14. The monoisotopic (exact) mass is 298 g/mol. The van der Waals surface area contributed by atoms with E-state index in [4.69, 9.17) is 0 Å². The molecule has 0 saturated heterocycles. The van der Waals surface area contributed by atoms with E-state index in [0.29, 0.717) is 24.6 Å². The van der Waals surface area contributed by atoms with Crippen LogP contribution in [0.2, 0.25) is 0 Å². The number of sulfonamides is 1. The zero-order valence-corrected chi connectivity index (χ0v) is 13.2. The predicted molar refractivity (Wildman–Crippen MR) is 79.2 cm³/mol. The van der Waals surface area contributed by atoms with Gasteiger partial charge in [-0.2, -0.15) is 0 Å². The third-order valence-electron chi connectivity index (χ3n) is 2.77. The van der Waals surface area contributed by atoms with Crippen LogP contribution in [0.3, 0.4) is 0 Å². The molecule has 1 aromatic rings. The van der Waals surface area contributed by atoms with Crippen molar-refractivity contribution in [2.45, 2.75) is 32.6 Å². The number of benzene rings is 1. The van der Waals surface area contributed by atoms with Gasteiger partial charge in [0.15, 0.2) is 0 Å². The molecular weight excluding hydrogens is 276 g/mol. The molecular formula is C14H22N2O3S. The summed E-state index contributed by atoms with van der Waals surface area (Å²) in [4.78, 5) is 12.2. The normalized spacial score (nSPS) is 11.7. The van der Waals surface area contributed by atoms with E-state index in [2.05, 4.69) is 10.0 Å². The van der Waals surface area contributed by atoms with E-state index in [0.717, 1.165) is 5.56 Å². The van der Waals surface area contributed by atoms with Crippen LogP contribution in [0.25, 0.3) is 0 Å². The van der Waals surface area contributed by atoms with Gasteiger partial charge in [0, 0.05) is 18.7 Å². The fourth-order valence-electron chi connectivity index (χ4n) is 1.68. The Morgan fingerprint density at radius 3 is 2.50 bits per heavy atom.